The summed E-state index contributed by atoms with van der Waals surface area (Å²) in [6, 6.07) is 8.81. The van der Waals surface area contributed by atoms with Crippen LogP contribution in [0.2, 0.25) is 0 Å². The molecule has 0 spiro atoms. The molecule has 1 aromatic carbocycles. The number of halogens is 1. The smallest absolute Gasteiger partial charge is 0.194 e. The van der Waals surface area contributed by atoms with Gasteiger partial charge in [0.1, 0.15) is 12.4 Å². The van der Waals surface area contributed by atoms with Crippen LogP contribution in [0.5, 0.6) is 0 Å². The summed E-state index contributed by atoms with van der Waals surface area (Å²) in [5, 5.41) is 12.1. The van der Waals surface area contributed by atoms with Crippen molar-refractivity contribution in [2.75, 3.05) is 13.6 Å². The SMILES string of the molecule is CCNC(=NCc1nnc2n1CCCC2)N(C)Cc1ccc(CC)cc1.I. The molecule has 1 aromatic heterocycles. The third-order valence-corrected chi connectivity index (χ3v) is 4.85. The molecular weight excluding hydrogens is 451 g/mol. The minimum atomic E-state index is 0. The second kappa shape index (κ2) is 10.6. The van der Waals surface area contributed by atoms with Crippen molar-refractivity contribution < 1.29 is 0 Å². The molecule has 7 heteroatoms. The first-order valence-corrected chi connectivity index (χ1v) is 9.69. The summed E-state index contributed by atoms with van der Waals surface area (Å²) >= 11 is 0. The Morgan fingerprint density at radius 3 is 2.59 bits per heavy atom. The summed E-state index contributed by atoms with van der Waals surface area (Å²) in [5.74, 6) is 2.98. The molecule has 148 valence electrons. The average molecular weight is 482 g/mol. The number of rotatable bonds is 6. The number of aromatic nitrogens is 3. The largest absolute Gasteiger partial charge is 0.357 e. The maximum Gasteiger partial charge on any atom is 0.194 e. The van der Waals surface area contributed by atoms with Gasteiger partial charge in [-0.2, -0.15) is 0 Å². The monoisotopic (exact) mass is 482 g/mol. The fraction of sp³-hybridized carbons (Fsp3) is 0.550. The van der Waals surface area contributed by atoms with E-state index in [1.54, 1.807) is 0 Å². The van der Waals surface area contributed by atoms with E-state index in [1.165, 1.54) is 24.0 Å². The Morgan fingerprint density at radius 2 is 1.89 bits per heavy atom. The predicted molar refractivity (Wildman–Crippen MR) is 120 cm³/mol. The lowest BCUT2D eigenvalue weighted by Crippen LogP contribution is -2.38. The molecule has 2 aromatic rings. The van der Waals surface area contributed by atoms with Crippen LogP contribution in [-0.2, 0) is 32.5 Å². The summed E-state index contributed by atoms with van der Waals surface area (Å²) < 4.78 is 2.24. The second-order valence-corrected chi connectivity index (χ2v) is 6.84. The fourth-order valence-electron chi connectivity index (χ4n) is 3.33. The highest BCUT2D eigenvalue weighted by molar-refractivity contribution is 14.0. The third kappa shape index (κ3) is 5.67. The average Bonchev–Trinajstić information content (AvgIpc) is 3.09. The van der Waals surface area contributed by atoms with Crippen LogP contribution >= 0.6 is 24.0 Å². The standard InChI is InChI=1S/C20H30N6.HI/c1-4-16-9-11-17(12-10-16)15-25(3)20(21-5-2)22-14-19-24-23-18-8-6-7-13-26(18)19;/h9-12H,4-8,13-15H2,1-3H3,(H,21,22);1H. The highest BCUT2D eigenvalue weighted by Gasteiger charge is 2.15. The van der Waals surface area contributed by atoms with Crippen LogP contribution in [0.25, 0.3) is 0 Å². The molecule has 0 radical (unpaired) electrons. The summed E-state index contributed by atoms with van der Waals surface area (Å²) in [6.07, 6.45) is 4.52. The molecule has 0 saturated carbocycles. The molecular formula is C20H31IN6. The van der Waals surface area contributed by atoms with Crippen LogP contribution in [0, 0.1) is 0 Å². The van der Waals surface area contributed by atoms with E-state index < -0.39 is 0 Å². The van der Waals surface area contributed by atoms with Gasteiger partial charge < -0.3 is 14.8 Å². The molecule has 0 amide bonds. The summed E-state index contributed by atoms with van der Waals surface area (Å²) in [7, 11) is 2.08. The van der Waals surface area contributed by atoms with E-state index in [1.807, 2.05) is 0 Å². The number of nitrogens with zero attached hydrogens (tertiary/aromatic N) is 5. The number of benzene rings is 1. The Labute approximate surface area is 179 Å². The van der Waals surface area contributed by atoms with E-state index in [-0.39, 0.29) is 24.0 Å². The number of aliphatic imine (C=N–C) groups is 1. The Bertz CT molecular complexity index is 737. The van der Waals surface area contributed by atoms with Gasteiger partial charge in [-0.25, -0.2) is 4.99 Å². The van der Waals surface area contributed by atoms with Crippen LogP contribution in [0.15, 0.2) is 29.3 Å². The van der Waals surface area contributed by atoms with Crippen LogP contribution in [0.4, 0.5) is 0 Å². The maximum atomic E-state index is 4.80. The number of hydrogen-bond acceptors (Lipinski definition) is 3. The fourth-order valence-corrected chi connectivity index (χ4v) is 3.33. The number of nitrogens with one attached hydrogen (secondary N) is 1. The van der Waals surface area contributed by atoms with E-state index in [0.717, 1.165) is 50.1 Å². The van der Waals surface area contributed by atoms with E-state index in [2.05, 4.69) is 70.1 Å². The lowest BCUT2D eigenvalue weighted by molar-refractivity contribution is 0.474. The van der Waals surface area contributed by atoms with Gasteiger partial charge >= 0.3 is 0 Å². The Kier molecular flexibility index (Phi) is 8.53. The molecule has 3 rings (SSSR count). The highest BCUT2D eigenvalue weighted by atomic mass is 127. The van der Waals surface area contributed by atoms with Crippen LogP contribution in [-0.4, -0.2) is 39.2 Å². The predicted octanol–water partition coefficient (Wildman–Crippen LogP) is 3.39. The molecule has 27 heavy (non-hydrogen) atoms. The van der Waals surface area contributed by atoms with Gasteiger partial charge in [-0.15, -0.1) is 34.2 Å². The quantitative estimate of drug-likeness (QED) is 0.390. The molecule has 1 aliphatic rings. The van der Waals surface area contributed by atoms with Crippen molar-refractivity contribution in [3.8, 4) is 0 Å². The van der Waals surface area contributed by atoms with Gasteiger partial charge in [0, 0.05) is 33.1 Å². The molecule has 1 N–H and O–H groups in total. The summed E-state index contributed by atoms with van der Waals surface area (Å²) in [5.41, 5.74) is 2.66. The van der Waals surface area contributed by atoms with E-state index in [9.17, 15) is 0 Å². The van der Waals surface area contributed by atoms with Crippen LogP contribution < -0.4 is 5.32 Å². The van der Waals surface area contributed by atoms with E-state index in [4.69, 9.17) is 4.99 Å². The van der Waals surface area contributed by atoms with Crippen molar-refractivity contribution in [2.24, 2.45) is 4.99 Å². The van der Waals surface area contributed by atoms with Gasteiger partial charge in [0.25, 0.3) is 0 Å². The molecule has 0 aliphatic carbocycles. The van der Waals surface area contributed by atoms with Gasteiger partial charge in [0.15, 0.2) is 11.8 Å². The molecule has 0 atom stereocenters. The Balaban J connectivity index is 0.00000261. The number of hydrogen-bond donors (Lipinski definition) is 1. The van der Waals surface area contributed by atoms with Crippen molar-refractivity contribution >= 4 is 29.9 Å². The first-order valence-electron chi connectivity index (χ1n) is 9.69. The molecule has 0 unspecified atom stereocenters. The number of fused-ring (bicyclic) bond motifs is 1. The van der Waals surface area contributed by atoms with Crippen molar-refractivity contribution in [3.05, 3.63) is 47.0 Å². The summed E-state index contributed by atoms with van der Waals surface area (Å²) in [6.45, 7) is 7.53. The van der Waals surface area contributed by atoms with Crippen molar-refractivity contribution in [1.29, 1.82) is 0 Å². The van der Waals surface area contributed by atoms with Gasteiger partial charge in [-0.05, 0) is 37.3 Å². The molecule has 1 aliphatic heterocycles. The van der Waals surface area contributed by atoms with Gasteiger partial charge in [-0.3, -0.25) is 0 Å². The van der Waals surface area contributed by atoms with Gasteiger partial charge in [0.2, 0.25) is 0 Å². The van der Waals surface area contributed by atoms with Gasteiger partial charge in [0.05, 0.1) is 0 Å². The second-order valence-electron chi connectivity index (χ2n) is 6.84. The lowest BCUT2D eigenvalue weighted by atomic mass is 10.1. The Morgan fingerprint density at radius 1 is 1.15 bits per heavy atom. The molecule has 6 nitrogen and oxygen atoms in total. The minimum Gasteiger partial charge on any atom is -0.357 e. The zero-order chi connectivity index (χ0) is 18.4. The lowest BCUT2D eigenvalue weighted by Gasteiger charge is -2.22. The molecule has 0 saturated heterocycles. The van der Waals surface area contributed by atoms with Crippen molar-refractivity contribution in [3.63, 3.8) is 0 Å². The zero-order valence-corrected chi connectivity index (χ0v) is 18.9. The normalized spacial score (nSPS) is 13.7. The Hall–Kier alpha value is -1.64. The maximum absolute atomic E-state index is 4.80. The number of guanidine groups is 1. The van der Waals surface area contributed by atoms with E-state index >= 15 is 0 Å². The molecule has 2 heterocycles. The zero-order valence-electron chi connectivity index (χ0n) is 16.6. The topological polar surface area (TPSA) is 58.3 Å². The van der Waals surface area contributed by atoms with Crippen molar-refractivity contribution in [1.82, 2.24) is 25.0 Å². The summed E-state index contributed by atoms with van der Waals surface area (Å²) in [4.78, 5) is 6.97. The van der Waals surface area contributed by atoms with E-state index in [0.29, 0.717) is 6.54 Å². The van der Waals surface area contributed by atoms with Gasteiger partial charge in [-0.1, -0.05) is 31.2 Å². The minimum absolute atomic E-state index is 0. The first kappa shape index (κ1) is 21.7. The first-order chi connectivity index (χ1) is 12.7. The molecule has 0 bridgehead atoms. The van der Waals surface area contributed by atoms with Crippen LogP contribution in [0.3, 0.4) is 0 Å². The van der Waals surface area contributed by atoms with Crippen molar-refractivity contribution in [2.45, 2.75) is 59.2 Å². The highest BCUT2D eigenvalue weighted by Crippen LogP contribution is 2.15. The molecule has 0 fully saturated rings. The number of aryl methyl sites for hydroxylation is 2. The van der Waals surface area contributed by atoms with Crippen LogP contribution in [0.1, 0.15) is 49.5 Å². The third-order valence-electron chi connectivity index (χ3n) is 4.85.